The van der Waals surface area contributed by atoms with Crippen LogP contribution >= 0.6 is 22.9 Å². The lowest BCUT2D eigenvalue weighted by molar-refractivity contribution is 0.0673. The first-order valence-corrected chi connectivity index (χ1v) is 11.6. The molecule has 1 amide bonds. The number of fused-ring (bicyclic) bond motifs is 1. The number of nitrogens with one attached hydrogen (secondary N) is 1. The number of pyridine rings is 1. The van der Waals surface area contributed by atoms with Gasteiger partial charge in [-0.05, 0) is 49.6 Å². The average molecular weight is 460 g/mol. The van der Waals surface area contributed by atoms with E-state index in [0.717, 1.165) is 40.9 Å². The lowest BCUT2D eigenvalue weighted by atomic mass is 10.1. The molecule has 1 saturated heterocycles. The van der Waals surface area contributed by atoms with Gasteiger partial charge in [-0.2, -0.15) is 0 Å². The molecular weight excluding hydrogens is 434 g/mol. The van der Waals surface area contributed by atoms with E-state index in [0.29, 0.717) is 29.4 Å². The Labute approximate surface area is 190 Å². The Balaban J connectivity index is 1.59. The smallest absolute Gasteiger partial charge is 0.257 e. The molecule has 3 heterocycles. The summed E-state index contributed by atoms with van der Waals surface area (Å²) in [5, 5.41) is 13.4. The van der Waals surface area contributed by atoms with E-state index in [-0.39, 0.29) is 23.0 Å². The summed E-state index contributed by atoms with van der Waals surface area (Å²) < 4.78 is 2.47. The molecule has 1 atom stereocenters. The largest absolute Gasteiger partial charge is 0.392 e. The number of aliphatic hydroxyl groups excluding tert-OH is 1. The van der Waals surface area contributed by atoms with Gasteiger partial charge in [0.15, 0.2) is 0 Å². The fraction of sp³-hybridized carbons (Fsp3) is 0.391. The SMILES string of the molecule is Cc1c(CN2CCCC(O)C2)sc2c(=O)c(C(=O)NCc3ccc(Cl)cc3)cn(C)c12. The molecule has 1 aliphatic heterocycles. The Bertz CT molecular complexity index is 1170. The van der Waals surface area contributed by atoms with Crippen LogP contribution in [0, 0.1) is 6.92 Å². The second-order valence-electron chi connectivity index (χ2n) is 8.15. The zero-order valence-electron chi connectivity index (χ0n) is 17.7. The molecular formula is C23H26ClN3O3S. The highest BCUT2D eigenvalue weighted by Gasteiger charge is 2.23. The Morgan fingerprint density at radius 2 is 2.06 bits per heavy atom. The van der Waals surface area contributed by atoms with Crippen LogP contribution in [0.15, 0.2) is 35.3 Å². The number of benzene rings is 1. The molecule has 164 valence electrons. The van der Waals surface area contributed by atoms with Gasteiger partial charge in [0.2, 0.25) is 5.43 Å². The number of hydrogen-bond donors (Lipinski definition) is 2. The van der Waals surface area contributed by atoms with Gasteiger partial charge in [-0.1, -0.05) is 23.7 Å². The molecule has 2 N–H and O–H groups in total. The minimum absolute atomic E-state index is 0.144. The number of aryl methyl sites for hydroxylation is 2. The molecule has 0 spiro atoms. The molecule has 2 aromatic heterocycles. The van der Waals surface area contributed by atoms with Gasteiger partial charge >= 0.3 is 0 Å². The number of thiophene rings is 1. The summed E-state index contributed by atoms with van der Waals surface area (Å²) in [6.07, 6.45) is 3.15. The predicted octanol–water partition coefficient (Wildman–Crippen LogP) is 3.45. The molecule has 3 aromatic rings. The van der Waals surface area contributed by atoms with Crippen LogP contribution in [-0.4, -0.2) is 39.7 Å². The van der Waals surface area contributed by atoms with Gasteiger partial charge in [-0.25, -0.2) is 0 Å². The lowest BCUT2D eigenvalue weighted by Crippen LogP contribution is -2.37. The highest BCUT2D eigenvalue weighted by atomic mass is 35.5. The third-order valence-corrected chi connectivity index (χ3v) is 7.32. The molecule has 0 aliphatic carbocycles. The first-order chi connectivity index (χ1) is 14.8. The Hall–Kier alpha value is -2.19. The molecule has 4 rings (SSSR count). The van der Waals surface area contributed by atoms with Crippen LogP contribution in [0.1, 0.15) is 39.2 Å². The Morgan fingerprint density at radius 3 is 2.77 bits per heavy atom. The molecule has 0 bridgehead atoms. The van der Waals surface area contributed by atoms with E-state index in [2.05, 4.69) is 10.2 Å². The number of rotatable bonds is 5. The van der Waals surface area contributed by atoms with E-state index in [1.165, 1.54) is 11.3 Å². The molecule has 6 nitrogen and oxygen atoms in total. The summed E-state index contributed by atoms with van der Waals surface area (Å²) in [6.45, 7) is 4.65. The quantitative estimate of drug-likeness (QED) is 0.612. The van der Waals surface area contributed by atoms with Gasteiger partial charge in [0.1, 0.15) is 5.56 Å². The van der Waals surface area contributed by atoms with Gasteiger partial charge in [-0.3, -0.25) is 14.5 Å². The van der Waals surface area contributed by atoms with Crippen LogP contribution in [0.4, 0.5) is 0 Å². The minimum Gasteiger partial charge on any atom is -0.392 e. The van der Waals surface area contributed by atoms with Crippen molar-refractivity contribution in [1.82, 2.24) is 14.8 Å². The number of hydrogen-bond acceptors (Lipinski definition) is 5. The first kappa shape index (κ1) is 22.0. The molecule has 31 heavy (non-hydrogen) atoms. The van der Waals surface area contributed by atoms with Crippen molar-refractivity contribution in [2.45, 2.75) is 39.0 Å². The fourth-order valence-electron chi connectivity index (χ4n) is 4.14. The summed E-state index contributed by atoms with van der Waals surface area (Å²) in [6, 6.07) is 7.23. The number of carbonyl (C=O) groups excluding carboxylic acids is 1. The minimum atomic E-state index is -0.385. The summed E-state index contributed by atoms with van der Waals surface area (Å²) in [4.78, 5) is 29.3. The summed E-state index contributed by atoms with van der Waals surface area (Å²) in [5.41, 5.74) is 2.75. The molecule has 8 heteroatoms. The second kappa shape index (κ2) is 9.12. The number of aromatic nitrogens is 1. The number of carbonyl (C=O) groups is 1. The maximum Gasteiger partial charge on any atom is 0.257 e. The van der Waals surface area contributed by atoms with Crippen LogP contribution in [0.2, 0.25) is 5.02 Å². The van der Waals surface area contributed by atoms with Crippen molar-refractivity contribution in [2.75, 3.05) is 13.1 Å². The van der Waals surface area contributed by atoms with Gasteiger partial charge in [0.05, 0.1) is 16.3 Å². The number of aliphatic hydroxyl groups is 1. The summed E-state index contributed by atoms with van der Waals surface area (Å²) >= 11 is 7.36. The third kappa shape index (κ3) is 4.70. The fourth-order valence-corrected chi connectivity index (χ4v) is 5.60. The number of amides is 1. The highest BCUT2D eigenvalue weighted by molar-refractivity contribution is 7.19. The number of nitrogens with zero attached hydrogens (tertiary/aromatic N) is 2. The monoisotopic (exact) mass is 459 g/mol. The van der Waals surface area contributed by atoms with Crippen molar-refractivity contribution in [2.24, 2.45) is 7.05 Å². The van der Waals surface area contributed by atoms with Crippen LogP contribution < -0.4 is 10.7 Å². The maximum atomic E-state index is 13.2. The zero-order chi connectivity index (χ0) is 22.1. The van der Waals surface area contributed by atoms with Gasteiger partial charge in [0.25, 0.3) is 5.91 Å². The van der Waals surface area contributed by atoms with Crippen molar-refractivity contribution >= 4 is 39.1 Å². The number of halogens is 1. The molecule has 0 saturated carbocycles. The molecule has 1 fully saturated rings. The van der Waals surface area contributed by atoms with E-state index in [9.17, 15) is 14.7 Å². The van der Waals surface area contributed by atoms with Crippen LogP contribution in [0.25, 0.3) is 10.2 Å². The van der Waals surface area contributed by atoms with Crippen molar-refractivity contribution < 1.29 is 9.90 Å². The summed E-state index contributed by atoms with van der Waals surface area (Å²) in [5.74, 6) is -0.385. The maximum absolute atomic E-state index is 13.2. The van der Waals surface area contributed by atoms with Gasteiger partial charge < -0.3 is 15.0 Å². The first-order valence-electron chi connectivity index (χ1n) is 10.4. The average Bonchev–Trinajstić information content (AvgIpc) is 3.07. The third-order valence-electron chi connectivity index (χ3n) is 5.80. The normalized spacial score (nSPS) is 17.2. The second-order valence-corrected chi connectivity index (χ2v) is 9.69. The molecule has 1 aromatic carbocycles. The number of likely N-dealkylation sites (tertiary alicyclic amines) is 1. The number of piperidine rings is 1. The van der Waals surface area contributed by atoms with Crippen LogP contribution in [0.5, 0.6) is 0 Å². The van der Waals surface area contributed by atoms with E-state index in [4.69, 9.17) is 11.6 Å². The highest BCUT2D eigenvalue weighted by Crippen LogP contribution is 2.30. The van der Waals surface area contributed by atoms with Gasteiger partial charge in [-0.15, -0.1) is 11.3 Å². The molecule has 0 radical (unpaired) electrons. The van der Waals surface area contributed by atoms with Crippen molar-refractivity contribution in [1.29, 1.82) is 0 Å². The number of β-amino-alcohol motifs (C(OH)–C–C–N with tert-alkyl or cyclic N) is 1. The topological polar surface area (TPSA) is 74.6 Å². The van der Waals surface area contributed by atoms with E-state index < -0.39 is 0 Å². The van der Waals surface area contributed by atoms with Crippen molar-refractivity contribution in [3.8, 4) is 0 Å². The van der Waals surface area contributed by atoms with Crippen LogP contribution in [0.3, 0.4) is 0 Å². The zero-order valence-corrected chi connectivity index (χ0v) is 19.2. The predicted molar refractivity (Wildman–Crippen MR) is 125 cm³/mol. The van der Waals surface area contributed by atoms with Crippen LogP contribution in [-0.2, 0) is 20.1 Å². The van der Waals surface area contributed by atoms with Gasteiger partial charge in [0, 0.05) is 42.8 Å². The Morgan fingerprint density at radius 1 is 1.32 bits per heavy atom. The van der Waals surface area contributed by atoms with E-state index >= 15 is 0 Å². The van der Waals surface area contributed by atoms with E-state index in [1.807, 2.05) is 30.7 Å². The lowest BCUT2D eigenvalue weighted by Gasteiger charge is -2.29. The Kier molecular flexibility index (Phi) is 6.48. The standard InChI is InChI=1S/C23H26ClN3O3S/c1-14-19(13-27-9-3-4-17(28)11-27)31-22-20(14)26(2)12-18(21(22)29)23(30)25-10-15-5-7-16(24)8-6-15/h5-8,12,17,28H,3-4,9-11,13H2,1-2H3,(H,25,30). The van der Waals surface area contributed by atoms with Crippen molar-refractivity contribution in [3.05, 3.63) is 67.3 Å². The van der Waals surface area contributed by atoms with Crippen molar-refractivity contribution in [3.63, 3.8) is 0 Å². The summed E-state index contributed by atoms with van der Waals surface area (Å²) in [7, 11) is 1.87. The molecule has 1 unspecified atom stereocenters. The molecule has 1 aliphatic rings. The van der Waals surface area contributed by atoms with E-state index in [1.54, 1.807) is 18.3 Å².